The molecule has 0 radical (unpaired) electrons. The first-order valence-electron chi connectivity index (χ1n) is 10.7. The molecule has 0 saturated carbocycles. The predicted molar refractivity (Wildman–Crippen MR) is 120 cm³/mol. The van der Waals surface area contributed by atoms with Crippen molar-refractivity contribution in [2.75, 3.05) is 13.2 Å². The molecule has 0 bridgehead atoms. The van der Waals surface area contributed by atoms with Gasteiger partial charge in [0.1, 0.15) is 18.2 Å². The maximum Gasteiger partial charge on any atom is 0.286 e. The lowest BCUT2D eigenvalue weighted by Gasteiger charge is -2.11. The Hall–Kier alpha value is -3.54. The lowest BCUT2D eigenvalue weighted by molar-refractivity contribution is 0.0925. The Bertz CT molecular complexity index is 1090. The number of nitrogens with one attached hydrogen (secondary N) is 1. The molecule has 160 valence electrons. The third kappa shape index (κ3) is 5.54. The Morgan fingerprint density at radius 1 is 0.968 bits per heavy atom. The number of amides is 1. The van der Waals surface area contributed by atoms with E-state index in [0.29, 0.717) is 18.9 Å². The summed E-state index contributed by atoms with van der Waals surface area (Å²) in [6.07, 6.45) is 5.35. The number of carbonyl (C=O) groups excluding carboxylic acids is 1. The van der Waals surface area contributed by atoms with E-state index in [1.54, 1.807) is 12.1 Å². The van der Waals surface area contributed by atoms with Crippen molar-refractivity contribution < 1.29 is 13.9 Å². The molecule has 6 heteroatoms. The molecule has 31 heavy (non-hydrogen) atoms. The highest BCUT2D eigenvalue weighted by Crippen LogP contribution is 2.18. The molecule has 0 spiro atoms. The third-order valence-corrected chi connectivity index (χ3v) is 5.17. The van der Waals surface area contributed by atoms with Crippen molar-refractivity contribution in [1.29, 1.82) is 0 Å². The van der Waals surface area contributed by atoms with Crippen molar-refractivity contribution in [1.82, 2.24) is 14.9 Å². The number of benzene rings is 2. The lowest BCUT2D eigenvalue weighted by Crippen LogP contribution is -2.23. The monoisotopic (exact) mass is 417 g/mol. The van der Waals surface area contributed by atoms with Gasteiger partial charge >= 0.3 is 0 Å². The van der Waals surface area contributed by atoms with Gasteiger partial charge in [0.05, 0.1) is 23.8 Å². The van der Waals surface area contributed by atoms with Gasteiger partial charge in [-0.15, -0.1) is 0 Å². The van der Waals surface area contributed by atoms with Crippen molar-refractivity contribution >= 4 is 16.9 Å². The summed E-state index contributed by atoms with van der Waals surface area (Å²) in [7, 11) is 0. The zero-order valence-corrected chi connectivity index (χ0v) is 17.5. The molecule has 6 nitrogen and oxygen atoms in total. The van der Waals surface area contributed by atoms with Crippen LogP contribution in [0.3, 0.4) is 0 Å². The molecule has 2 aromatic carbocycles. The predicted octanol–water partition coefficient (Wildman–Crippen LogP) is 4.85. The Morgan fingerprint density at radius 3 is 2.65 bits per heavy atom. The number of para-hydroxylation sites is 3. The number of hydrogen-bond acceptors (Lipinski definition) is 4. The highest BCUT2D eigenvalue weighted by molar-refractivity contribution is 5.91. The highest BCUT2D eigenvalue weighted by atomic mass is 16.5. The maximum atomic E-state index is 11.9. The number of carbonyl (C=O) groups is 1. The molecule has 0 aliphatic carbocycles. The summed E-state index contributed by atoms with van der Waals surface area (Å²) in [6.45, 7) is 1.99. The van der Waals surface area contributed by atoms with Crippen LogP contribution in [-0.4, -0.2) is 28.6 Å². The fourth-order valence-electron chi connectivity index (χ4n) is 3.62. The van der Waals surface area contributed by atoms with Gasteiger partial charge in [-0.2, -0.15) is 0 Å². The van der Waals surface area contributed by atoms with E-state index in [2.05, 4.69) is 22.0 Å². The molecule has 0 saturated heterocycles. The van der Waals surface area contributed by atoms with Gasteiger partial charge in [-0.25, -0.2) is 4.98 Å². The third-order valence-electron chi connectivity index (χ3n) is 5.17. The lowest BCUT2D eigenvalue weighted by atomic mass is 10.2. The fraction of sp³-hybridized carbons (Fsp3) is 0.280. The second-order valence-corrected chi connectivity index (χ2v) is 7.37. The van der Waals surface area contributed by atoms with Crippen molar-refractivity contribution in [2.45, 2.75) is 32.2 Å². The van der Waals surface area contributed by atoms with Crippen LogP contribution in [0.4, 0.5) is 0 Å². The summed E-state index contributed by atoms with van der Waals surface area (Å²) >= 11 is 0. The number of hydrogen-bond donors (Lipinski definition) is 1. The van der Waals surface area contributed by atoms with Gasteiger partial charge in [0.2, 0.25) is 0 Å². The molecule has 0 unspecified atom stereocenters. The standard InChI is InChI=1S/C25H27N3O3/c29-25(23-14-9-18-31-23)26-16-8-2-5-15-24-27-21-12-6-7-13-22(21)28(24)17-19-30-20-10-3-1-4-11-20/h1,3-4,6-7,9-14,18H,2,5,8,15-17,19H2,(H,26,29). The Balaban J connectivity index is 1.27. The van der Waals surface area contributed by atoms with Crippen molar-refractivity contribution in [3.8, 4) is 5.75 Å². The minimum absolute atomic E-state index is 0.162. The molecular formula is C25H27N3O3. The van der Waals surface area contributed by atoms with Crippen molar-refractivity contribution in [3.05, 3.63) is 84.6 Å². The average molecular weight is 418 g/mol. The fourth-order valence-corrected chi connectivity index (χ4v) is 3.62. The van der Waals surface area contributed by atoms with Crippen LogP contribution in [0, 0.1) is 0 Å². The molecule has 0 aliphatic rings. The number of rotatable bonds is 11. The molecule has 0 aliphatic heterocycles. The second-order valence-electron chi connectivity index (χ2n) is 7.37. The number of nitrogens with zero attached hydrogens (tertiary/aromatic N) is 2. The van der Waals surface area contributed by atoms with E-state index < -0.39 is 0 Å². The molecule has 2 aromatic heterocycles. The number of aryl methyl sites for hydroxylation is 1. The number of fused-ring (bicyclic) bond motifs is 1. The average Bonchev–Trinajstić information content (AvgIpc) is 3.45. The minimum atomic E-state index is -0.162. The Labute approximate surface area is 181 Å². The van der Waals surface area contributed by atoms with E-state index in [-0.39, 0.29) is 5.91 Å². The molecule has 1 N–H and O–H groups in total. The molecular weight excluding hydrogens is 390 g/mol. The first-order valence-corrected chi connectivity index (χ1v) is 10.7. The van der Waals surface area contributed by atoms with Crippen LogP contribution in [0.1, 0.15) is 35.6 Å². The number of aromatic nitrogens is 2. The topological polar surface area (TPSA) is 69.3 Å². The van der Waals surface area contributed by atoms with Gasteiger partial charge in [-0.3, -0.25) is 4.79 Å². The zero-order chi connectivity index (χ0) is 21.3. The first-order chi connectivity index (χ1) is 15.3. The SMILES string of the molecule is O=C(NCCCCCc1nc2ccccc2n1CCOc1ccccc1)c1ccco1. The molecule has 0 atom stereocenters. The summed E-state index contributed by atoms with van der Waals surface area (Å²) in [5.74, 6) is 2.15. The number of imidazole rings is 1. The number of furan rings is 1. The van der Waals surface area contributed by atoms with E-state index in [0.717, 1.165) is 54.8 Å². The van der Waals surface area contributed by atoms with Crippen molar-refractivity contribution in [3.63, 3.8) is 0 Å². The van der Waals surface area contributed by atoms with E-state index in [9.17, 15) is 4.79 Å². The van der Waals surface area contributed by atoms with Crippen LogP contribution in [-0.2, 0) is 13.0 Å². The van der Waals surface area contributed by atoms with Crippen LogP contribution in [0.15, 0.2) is 77.4 Å². The quantitative estimate of drug-likeness (QED) is 0.354. The number of unbranched alkanes of at least 4 members (excludes halogenated alkanes) is 2. The minimum Gasteiger partial charge on any atom is -0.492 e. The normalized spacial score (nSPS) is 11.0. The molecule has 4 rings (SSSR count). The first kappa shape index (κ1) is 20.7. The summed E-state index contributed by atoms with van der Waals surface area (Å²) in [5.41, 5.74) is 2.16. The summed E-state index contributed by atoms with van der Waals surface area (Å²) < 4.78 is 13.3. The van der Waals surface area contributed by atoms with Crippen LogP contribution in [0.5, 0.6) is 5.75 Å². The van der Waals surface area contributed by atoms with Crippen LogP contribution < -0.4 is 10.1 Å². The van der Waals surface area contributed by atoms with Crippen molar-refractivity contribution in [2.24, 2.45) is 0 Å². The molecule has 2 heterocycles. The zero-order valence-electron chi connectivity index (χ0n) is 17.5. The van der Waals surface area contributed by atoms with Gasteiger partial charge in [0, 0.05) is 13.0 Å². The number of ether oxygens (including phenoxy) is 1. The van der Waals surface area contributed by atoms with E-state index in [1.165, 1.54) is 6.26 Å². The van der Waals surface area contributed by atoms with Gasteiger partial charge in [-0.1, -0.05) is 36.8 Å². The summed E-state index contributed by atoms with van der Waals surface area (Å²) in [6, 6.07) is 21.5. The second kappa shape index (κ2) is 10.5. The summed E-state index contributed by atoms with van der Waals surface area (Å²) in [4.78, 5) is 16.7. The van der Waals surface area contributed by atoms with Gasteiger partial charge in [0.15, 0.2) is 5.76 Å². The van der Waals surface area contributed by atoms with E-state index in [1.807, 2.05) is 42.5 Å². The van der Waals surface area contributed by atoms with Crippen LogP contribution in [0.25, 0.3) is 11.0 Å². The largest absolute Gasteiger partial charge is 0.492 e. The van der Waals surface area contributed by atoms with Gasteiger partial charge in [-0.05, 0) is 49.2 Å². The highest BCUT2D eigenvalue weighted by Gasteiger charge is 2.11. The van der Waals surface area contributed by atoms with E-state index in [4.69, 9.17) is 14.1 Å². The Kier molecular flexibility index (Phi) is 7.00. The van der Waals surface area contributed by atoms with E-state index >= 15 is 0 Å². The molecule has 0 fully saturated rings. The maximum absolute atomic E-state index is 11.9. The Morgan fingerprint density at radius 2 is 1.81 bits per heavy atom. The van der Waals surface area contributed by atoms with Gasteiger partial charge < -0.3 is 19.0 Å². The smallest absolute Gasteiger partial charge is 0.286 e. The van der Waals surface area contributed by atoms with Crippen LogP contribution >= 0.6 is 0 Å². The van der Waals surface area contributed by atoms with Gasteiger partial charge in [0.25, 0.3) is 5.91 Å². The van der Waals surface area contributed by atoms with Crippen LogP contribution in [0.2, 0.25) is 0 Å². The summed E-state index contributed by atoms with van der Waals surface area (Å²) in [5, 5.41) is 2.89. The molecule has 4 aromatic rings. The molecule has 1 amide bonds.